The van der Waals surface area contributed by atoms with E-state index in [2.05, 4.69) is 5.32 Å². The first-order valence-corrected chi connectivity index (χ1v) is 4.59. The second kappa shape index (κ2) is 6.80. The number of amides is 1. The molecule has 0 radical (unpaired) electrons. The lowest BCUT2D eigenvalue weighted by Gasteiger charge is -2.15. The van der Waals surface area contributed by atoms with Gasteiger partial charge in [-0.15, -0.1) is 0 Å². The largest absolute Gasteiger partial charge is 0.349 e. The highest BCUT2D eigenvalue weighted by molar-refractivity contribution is 5.83. The molecule has 2 nitrogen and oxygen atoms in total. The van der Waals surface area contributed by atoms with E-state index in [9.17, 15) is 13.6 Å². The molecule has 1 amide bonds. The van der Waals surface area contributed by atoms with E-state index in [1.54, 1.807) is 13.8 Å². The summed E-state index contributed by atoms with van der Waals surface area (Å²) in [5.41, 5.74) is 0. The van der Waals surface area contributed by atoms with Crippen LogP contribution in [0.25, 0.3) is 0 Å². The van der Waals surface area contributed by atoms with Gasteiger partial charge in [-0.3, -0.25) is 4.79 Å². The average Bonchev–Trinajstić information content (AvgIpc) is 2.07. The zero-order valence-corrected chi connectivity index (χ0v) is 8.95. The van der Waals surface area contributed by atoms with Crippen LogP contribution in [0.15, 0.2) is 0 Å². The standard InChI is InChI=1S/C7H13F2NO.C2H6/c1-4-7(8,9)6(11)10-5(2)3;1-2/h5H,4H2,1-3H3,(H,10,11);1-2H3. The molecule has 0 atom stereocenters. The van der Waals surface area contributed by atoms with Crippen LogP contribution < -0.4 is 5.32 Å². The second-order valence-electron chi connectivity index (χ2n) is 2.69. The Kier molecular flexibility index (Phi) is 7.76. The monoisotopic (exact) mass is 195 g/mol. The third-order valence-corrected chi connectivity index (χ3v) is 1.20. The molecule has 0 heterocycles. The molecule has 0 saturated heterocycles. The summed E-state index contributed by atoms with van der Waals surface area (Å²) in [7, 11) is 0. The van der Waals surface area contributed by atoms with Gasteiger partial charge < -0.3 is 5.32 Å². The lowest BCUT2D eigenvalue weighted by Crippen LogP contribution is -2.42. The molecule has 0 bridgehead atoms. The van der Waals surface area contributed by atoms with Gasteiger partial charge >= 0.3 is 5.92 Å². The van der Waals surface area contributed by atoms with E-state index in [1.807, 2.05) is 13.8 Å². The van der Waals surface area contributed by atoms with Gasteiger partial charge in [0.1, 0.15) is 0 Å². The Morgan fingerprint density at radius 2 is 1.77 bits per heavy atom. The first-order valence-electron chi connectivity index (χ1n) is 4.59. The van der Waals surface area contributed by atoms with Crippen molar-refractivity contribution in [2.45, 2.75) is 53.0 Å². The number of alkyl halides is 2. The van der Waals surface area contributed by atoms with Crippen molar-refractivity contribution in [3.8, 4) is 0 Å². The Morgan fingerprint density at radius 3 is 2.00 bits per heavy atom. The molecular weight excluding hydrogens is 176 g/mol. The topological polar surface area (TPSA) is 29.1 Å². The van der Waals surface area contributed by atoms with E-state index in [0.29, 0.717) is 0 Å². The van der Waals surface area contributed by atoms with E-state index >= 15 is 0 Å². The van der Waals surface area contributed by atoms with Gasteiger partial charge in [-0.1, -0.05) is 20.8 Å². The minimum Gasteiger partial charge on any atom is -0.349 e. The Balaban J connectivity index is 0. The molecule has 0 aliphatic carbocycles. The fourth-order valence-corrected chi connectivity index (χ4v) is 0.528. The number of hydrogen-bond acceptors (Lipinski definition) is 1. The summed E-state index contributed by atoms with van der Waals surface area (Å²) in [6.45, 7) is 8.56. The molecule has 1 N–H and O–H groups in total. The average molecular weight is 195 g/mol. The maximum absolute atomic E-state index is 12.5. The Labute approximate surface area is 78.7 Å². The summed E-state index contributed by atoms with van der Waals surface area (Å²) in [4.78, 5) is 10.6. The van der Waals surface area contributed by atoms with Crippen molar-refractivity contribution in [3.05, 3.63) is 0 Å². The van der Waals surface area contributed by atoms with Gasteiger partial charge in [-0.25, -0.2) is 0 Å². The highest BCUT2D eigenvalue weighted by Crippen LogP contribution is 2.17. The summed E-state index contributed by atoms with van der Waals surface area (Å²) in [5.74, 6) is -4.40. The van der Waals surface area contributed by atoms with E-state index in [-0.39, 0.29) is 6.04 Å². The summed E-state index contributed by atoms with van der Waals surface area (Å²) in [5, 5.41) is 2.14. The fraction of sp³-hybridized carbons (Fsp3) is 0.889. The highest BCUT2D eigenvalue weighted by atomic mass is 19.3. The third kappa shape index (κ3) is 6.49. The number of carbonyl (C=O) groups is 1. The van der Waals surface area contributed by atoms with E-state index in [0.717, 1.165) is 0 Å². The number of hydrogen-bond donors (Lipinski definition) is 1. The summed E-state index contributed by atoms with van der Waals surface area (Å²) in [6, 6.07) is -0.236. The van der Waals surface area contributed by atoms with Crippen molar-refractivity contribution < 1.29 is 13.6 Å². The van der Waals surface area contributed by atoms with Crippen molar-refractivity contribution in [2.24, 2.45) is 0 Å². The number of rotatable bonds is 3. The van der Waals surface area contributed by atoms with Crippen LogP contribution in [0.4, 0.5) is 8.78 Å². The smallest absolute Gasteiger partial charge is 0.324 e. The minimum absolute atomic E-state index is 0.236. The first-order chi connectivity index (χ1) is 5.90. The van der Waals surface area contributed by atoms with Gasteiger partial charge in [0.15, 0.2) is 0 Å². The molecular formula is C9H19F2NO. The summed E-state index contributed by atoms with van der Waals surface area (Å²) in [6.07, 6.45) is -0.453. The van der Waals surface area contributed by atoms with Crippen LogP contribution in [0.5, 0.6) is 0 Å². The molecule has 0 aromatic carbocycles. The van der Waals surface area contributed by atoms with Crippen molar-refractivity contribution in [2.75, 3.05) is 0 Å². The van der Waals surface area contributed by atoms with Crippen molar-refractivity contribution in [1.82, 2.24) is 5.32 Å². The molecule has 0 aromatic rings. The van der Waals surface area contributed by atoms with E-state index < -0.39 is 18.3 Å². The van der Waals surface area contributed by atoms with Crippen LogP contribution in [0.3, 0.4) is 0 Å². The van der Waals surface area contributed by atoms with Crippen molar-refractivity contribution in [1.29, 1.82) is 0 Å². The predicted molar refractivity (Wildman–Crippen MR) is 49.9 cm³/mol. The highest BCUT2D eigenvalue weighted by Gasteiger charge is 2.36. The molecule has 80 valence electrons. The summed E-state index contributed by atoms with van der Waals surface area (Å²) >= 11 is 0. The van der Waals surface area contributed by atoms with Crippen LogP contribution >= 0.6 is 0 Å². The van der Waals surface area contributed by atoms with Gasteiger partial charge in [0.05, 0.1) is 0 Å². The van der Waals surface area contributed by atoms with Gasteiger partial charge in [-0.05, 0) is 13.8 Å². The number of carbonyl (C=O) groups excluding carboxylic acids is 1. The normalized spacial score (nSPS) is 10.5. The maximum atomic E-state index is 12.5. The summed E-state index contributed by atoms with van der Waals surface area (Å²) < 4.78 is 25.0. The van der Waals surface area contributed by atoms with Crippen LogP contribution in [-0.4, -0.2) is 17.9 Å². The van der Waals surface area contributed by atoms with Gasteiger partial charge in [-0.2, -0.15) is 8.78 Å². The SMILES string of the molecule is CC.CCC(F)(F)C(=O)NC(C)C. The molecule has 4 heteroatoms. The zero-order valence-electron chi connectivity index (χ0n) is 8.95. The predicted octanol–water partition coefficient (Wildman–Crippen LogP) is 2.58. The molecule has 0 rings (SSSR count). The van der Waals surface area contributed by atoms with Gasteiger partial charge in [0.2, 0.25) is 0 Å². The van der Waals surface area contributed by atoms with Crippen molar-refractivity contribution >= 4 is 5.91 Å². The first kappa shape index (κ1) is 14.8. The van der Waals surface area contributed by atoms with E-state index in [1.165, 1.54) is 6.92 Å². The number of nitrogens with one attached hydrogen (secondary N) is 1. The quantitative estimate of drug-likeness (QED) is 0.736. The Hall–Kier alpha value is -0.670. The molecule has 0 aliphatic rings. The van der Waals surface area contributed by atoms with E-state index in [4.69, 9.17) is 0 Å². The zero-order chi connectivity index (χ0) is 11.1. The lowest BCUT2D eigenvalue weighted by atomic mass is 10.2. The van der Waals surface area contributed by atoms with Crippen molar-refractivity contribution in [3.63, 3.8) is 0 Å². The Bertz CT molecular complexity index is 147. The fourth-order valence-electron chi connectivity index (χ4n) is 0.528. The van der Waals surface area contributed by atoms with Gasteiger partial charge in [0.25, 0.3) is 5.91 Å². The number of halogens is 2. The Morgan fingerprint density at radius 1 is 1.38 bits per heavy atom. The van der Waals surface area contributed by atoms with Crippen LogP contribution in [0.1, 0.15) is 41.0 Å². The molecule has 0 spiro atoms. The minimum atomic E-state index is -3.22. The second-order valence-corrected chi connectivity index (χ2v) is 2.69. The lowest BCUT2D eigenvalue weighted by molar-refractivity contribution is -0.146. The molecule has 0 aliphatic heterocycles. The molecule has 0 fully saturated rings. The molecule has 0 aromatic heterocycles. The maximum Gasteiger partial charge on any atom is 0.324 e. The molecule has 0 saturated carbocycles. The van der Waals surface area contributed by atoms with Crippen LogP contribution in [0.2, 0.25) is 0 Å². The van der Waals surface area contributed by atoms with Crippen LogP contribution in [-0.2, 0) is 4.79 Å². The van der Waals surface area contributed by atoms with Crippen LogP contribution in [0, 0.1) is 0 Å². The van der Waals surface area contributed by atoms with Gasteiger partial charge in [0, 0.05) is 12.5 Å². The molecule has 13 heavy (non-hydrogen) atoms. The molecule has 0 unspecified atom stereocenters. The third-order valence-electron chi connectivity index (χ3n) is 1.20.